The first-order valence-corrected chi connectivity index (χ1v) is 5.15. The average molecular weight is 206 g/mol. The second-order valence-corrected chi connectivity index (χ2v) is 4.15. The number of nitrogens with zero attached hydrogens (tertiary/aromatic N) is 2. The summed E-state index contributed by atoms with van der Waals surface area (Å²) in [4.78, 5) is 26.9. The molecule has 0 bridgehead atoms. The Labute approximate surface area is 88.0 Å². The van der Waals surface area contributed by atoms with Crippen molar-refractivity contribution in [2.24, 2.45) is 5.92 Å². The third-order valence-electron chi connectivity index (χ3n) is 2.69. The SMILES string of the molecule is Cc1cc(C)n(CC(=O)C2CC2)c(=O)n1. The highest BCUT2D eigenvalue weighted by molar-refractivity contribution is 5.82. The van der Waals surface area contributed by atoms with E-state index in [0.29, 0.717) is 5.69 Å². The molecule has 80 valence electrons. The number of carbonyl (C=O) groups excluding carboxylic acids is 1. The fraction of sp³-hybridized carbons (Fsp3) is 0.545. The first kappa shape index (κ1) is 10.1. The number of carbonyl (C=O) groups is 1. The van der Waals surface area contributed by atoms with Gasteiger partial charge in [-0.25, -0.2) is 4.79 Å². The van der Waals surface area contributed by atoms with Gasteiger partial charge in [0.15, 0.2) is 5.78 Å². The van der Waals surface area contributed by atoms with Crippen molar-refractivity contribution < 1.29 is 4.79 Å². The van der Waals surface area contributed by atoms with E-state index in [-0.39, 0.29) is 23.9 Å². The van der Waals surface area contributed by atoms with Gasteiger partial charge in [-0.3, -0.25) is 9.36 Å². The van der Waals surface area contributed by atoms with Gasteiger partial charge in [-0.05, 0) is 32.8 Å². The van der Waals surface area contributed by atoms with Crippen LogP contribution in [0.15, 0.2) is 10.9 Å². The van der Waals surface area contributed by atoms with Gasteiger partial charge in [0.25, 0.3) is 0 Å². The molecule has 0 N–H and O–H groups in total. The van der Waals surface area contributed by atoms with Crippen LogP contribution in [0.2, 0.25) is 0 Å². The summed E-state index contributed by atoms with van der Waals surface area (Å²) in [5.74, 6) is 0.350. The highest BCUT2D eigenvalue weighted by Gasteiger charge is 2.29. The van der Waals surface area contributed by atoms with Crippen LogP contribution < -0.4 is 5.69 Å². The molecule has 1 aromatic rings. The molecule has 0 unspecified atom stereocenters. The first-order chi connectivity index (χ1) is 7.08. The molecule has 1 aliphatic carbocycles. The largest absolute Gasteiger partial charge is 0.348 e. The van der Waals surface area contributed by atoms with E-state index in [4.69, 9.17) is 0 Å². The van der Waals surface area contributed by atoms with Crippen LogP contribution in [-0.4, -0.2) is 15.3 Å². The smallest absolute Gasteiger partial charge is 0.297 e. The normalized spacial score (nSPS) is 15.3. The summed E-state index contributed by atoms with van der Waals surface area (Å²) < 4.78 is 1.45. The summed E-state index contributed by atoms with van der Waals surface area (Å²) in [5, 5.41) is 0. The molecule has 2 rings (SSSR count). The minimum absolute atomic E-state index is 0.158. The van der Waals surface area contributed by atoms with Crippen molar-refractivity contribution in [3.8, 4) is 0 Å². The van der Waals surface area contributed by atoms with E-state index in [9.17, 15) is 9.59 Å². The predicted molar refractivity (Wildman–Crippen MR) is 55.7 cm³/mol. The van der Waals surface area contributed by atoms with Crippen molar-refractivity contribution in [1.82, 2.24) is 9.55 Å². The molecule has 4 nitrogen and oxygen atoms in total. The van der Waals surface area contributed by atoms with Crippen LogP contribution in [0.5, 0.6) is 0 Å². The monoisotopic (exact) mass is 206 g/mol. The van der Waals surface area contributed by atoms with Gasteiger partial charge in [0.2, 0.25) is 0 Å². The molecule has 1 heterocycles. The van der Waals surface area contributed by atoms with Gasteiger partial charge >= 0.3 is 5.69 Å². The van der Waals surface area contributed by atoms with E-state index >= 15 is 0 Å². The Hall–Kier alpha value is -1.45. The lowest BCUT2D eigenvalue weighted by molar-refractivity contribution is -0.120. The zero-order valence-electron chi connectivity index (χ0n) is 8.99. The van der Waals surface area contributed by atoms with Crippen LogP contribution in [0.4, 0.5) is 0 Å². The first-order valence-electron chi connectivity index (χ1n) is 5.15. The molecule has 0 saturated heterocycles. The summed E-state index contributed by atoms with van der Waals surface area (Å²) in [6.45, 7) is 3.79. The number of aromatic nitrogens is 2. The number of Topliss-reactive ketones (excluding diaryl/α,β-unsaturated/α-hetero) is 1. The zero-order chi connectivity index (χ0) is 11.0. The number of aryl methyl sites for hydroxylation is 2. The second-order valence-electron chi connectivity index (χ2n) is 4.15. The molecular weight excluding hydrogens is 192 g/mol. The van der Waals surface area contributed by atoms with Crippen molar-refractivity contribution in [2.45, 2.75) is 33.2 Å². The summed E-state index contributed by atoms with van der Waals surface area (Å²) in [7, 11) is 0. The molecule has 1 aliphatic rings. The summed E-state index contributed by atoms with van der Waals surface area (Å²) in [6.07, 6.45) is 1.96. The van der Waals surface area contributed by atoms with Crippen molar-refractivity contribution >= 4 is 5.78 Å². The molecule has 0 spiro atoms. The van der Waals surface area contributed by atoms with Gasteiger partial charge in [0.1, 0.15) is 0 Å². The number of hydrogen-bond acceptors (Lipinski definition) is 3. The summed E-state index contributed by atoms with van der Waals surface area (Å²) >= 11 is 0. The number of rotatable bonds is 3. The van der Waals surface area contributed by atoms with Crippen LogP contribution in [0, 0.1) is 19.8 Å². The van der Waals surface area contributed by atoms with Crippen molar-refractivity contribution in [3.05, 3.63) is 27.9 Å². The molecule has 0 radical (unpaired) electrons. The van der Waals surface area contributed by atoms with Gasteiger partial charge in [-0.15, -0.1) is 0 Å². The van der Waals surface area contributed by atoms with Gasteiger partial charge in [-0.2, -0.15) is 4.98 Å². The Kier molecular flexibility index (Phi) is 2.42. The quantitative estimate of drug-likeness (QED) is 0.736. The molecule has 1 aromatic heterocycles. The highest BCUT2D eigenvalue weighted by Crippen LogP contribution is 2.30. The third kappa shape index (κ3) is 2.14. The van der Waals surface area contributed by atoms with E-state index in [1.165, 1.54) is 4.57 Å². The Balaban J connectivity index is 2.27. The molecule has 0 aliphatic heterocycles. The van der Waals surface area contributed by atoms with Crippen molar-refractivity contribution in [1.29, 1.82) is 0 Å². The third-order valence-corrected chi connectivity index (χ3v) is 2.69. The van der Waals surface area contributed by atoms with Crippen molar-refractivity contribution in [3.63, 3.8) is 0 Å². The Bertz CT molecular complexity index is 458. The van der Waals surface area contributed by atoms with Crippen LogP contribution >= 0.6 is 0 Å². The molecule has 1 saturated carbocycles. The van der Waals surface area contributed by atoms with E-state index < -0.39 is 0 Å². The topological polar surface area (TPSA) is 52.0 Å². The highest BCUT2D eigenvalue weighted by atomic mass is 16.2. The molecule has 0 aromatic carbocycles. The zero-order valence-corrected chi connectivity index (χ0v) is 8.99. The maximum absolute atomic E-state index is 11.6. The van der Waals surface area contributed by atoms with Crippen LogP contribution in [0.25, 0.3) is 0 Å². The lowest BCUT2D eigenvalue weighted by Gasteiger charge is -2.08. The number of ketones is 1. The Morgan fingerprint density at radius 1 is 1.53 bits per heavy atom. The standard InChI is InChI=1S/C11H14N2O2/c1-7-5-8(2)13(11(15)12-7)6-10(14)9-3-4-9/h5,9H,3-4,6H2,1-2H3. The van der Waals surface area contributed by atoms with E-state index in [1.807, 2.05) is 13.0 Å². The fourth-order valence-electron chi connectivity index (χ4n) is 1.66. The van der Waals surface area contributed by atoms with E-state index in [2.05, 4.69) is 4.98 Å². The minimum Gasteiger partial charge on any atom is -0.297 e. The van der Waals surface area contributed by atoms with E-state index in [0.717, 1.165) is 18.5 Å². The predicted octanol–water partition coefficient (Wildman–Crippen LogP) is 0.839. The Morgan fingerprint density at radius 3 is 2.73 bits per heavy atom. The molecule has 0 atom stereocenters. The maximum atomic E-state index is 11.6. The second kappa shape index (κ2) is 3.61. The average Bonchev–Trinajstić information content (AvgIpc) is 2.93. The van der Waals surface area contributed by atoms with Crippen LogP contribution in [-0.2, 0) is 11.3 Å². The Morgan fingerprint density at radius 2 is 2.20 bits per heavy atom. The van der Waals surface area contributed by atoms with E-state index in [1.54, 1.807) is 6.92 Å². The molecular formula is C11H14N2O2. The summed E-state index contributed by atoms with van der Waals surface area (Å²) in [5.41, 5.74) is 1.19. The minimum atomic E-state index is -0.318. The van der Waals surface area contributed by atoms with Crippen molar-refractivity contribution in [2.75, 3.05) is 0 Å². The van der Waals surface area contributed by atoms with Crippen LogP contribution in [0.1, 0.15) is 24.2 Å². The molecule has 4 heteroatoms. The lowest BCUT2D eigenvalue weighted by atomic mass is 10.2. The van der Waals surface area contributed by atoms with Crippen LogP contribution in [0.3, 0.4) is 0 Å². The molecule has 1 fully saturated rings. The summed E-state index contributed by atoms with van der Waals surface area (Å²) in [6, 6.07) is 1.82. The maximum Gasteiger partial charge on any atom is 0.348 e. The molecule has 0 amide bonds. The molecule has 15 heavy (non-hydrogen) atoms. The van der Waals surface area contributed by atoms with Gasteiger partial charge in [0, 0.05) is 17.3 Å². The number of hydrogen-bond donors (Lipinski definition) is 0. The fourth-order valence-corrected chi connectivity index (χ4v) is 1.66. The lowest BCUT2D eigenvalue weighted by Crippen LogP contribution is -2.29. The van der Waals surface area contributed by atoms with Gasteiger partial charge in [-0.1, -0.05) is 0 Å². The van der Waals surface area contributed by atoms with Gasteiger partial charge in [0.05, 0.1) is 6.54 Å². The van der Waals surface area contributed by atoms with Gasteiger partial charge < -0.3 is 0 Å².